The van der Waals surface area contributed by atoms with Crippen LogP contribution in [-0.4, -0.2) is 8.90 Å². The summed E-state index contributed by atoms with van der Waals surface area (Å²) in [6.07, 6.45) is 0.396. The van der Waals surface area contributed by atoms with Crippen molar-refractivity contribution in [1.29, 1.82) is 0 Å². The maximum Gasteiger partial charge on any atom is 0.222 e. The van der Waals surface area contributed by atoms with E-state index < -0.39 is 9.39 Å². The molecule has 1 rings (SSSR count). The predicted octanol–water partition coefficient (Wildman–Crippen LogP) is 4.29. The molecule has 0 saturated carbocycles. The van der Waals surface area contributed by atoms with Crippen LogP contribution >= 0.6 is 34.8 Å². The lowest BCUT2D eigenvalue weighted by Crippen LogP contribution is -2.41. The van der Waals surface area contributed by atoms with Gasteiger partial charge < -0.3 is 5.11 Å². The summed E-state index contributed by atoms with van der Waals surface area (Å²) in [6, 6.07) is 9.03. The quantitative estimate of drug-likeness (QED) is 0.820. The Labute approximate surface area is 111 Å². The number of alkyl halides is 3. The largest absolute Gasteiger partial charge is 0.381 e. The van der Waals surface area contributed by atoms with Crippen LogP contribution in [0.3, 0.4) is 0 Å². The van der Waals surface area contributed by atoms with Gasteiger partial charge in [-0.2, -0.15) is 0 Å². The average Bonchev–Trinajstić information content (AvgIpc) is 2.16. The maximum absolute atomic E-state index is 10.6. The molecule has 4 heteroatoms. The monoisotopic (exact) mass is 280 g/mol. The number of rotatable bonds is 3. The van der Waals surface area contributed by atoms with Crippen molar-refractivity contribution in [2.24, 2.45) is 5.92 Å². The molecule has 0 saturated heterocycles. The number of hydrogen-bond acceptors (Lipinski definition) is 1. The number of aliphatic hydroxyl groups is 1. The van der Waals surface area contributed by atoms with Gasteiger partial charge in [0, 0.05) is 0 Å². The Morgan fingerprint density at radius 2 is 1.62 bits per heavy atom. The third kappa shape index (κ3) is 3.04. The van der Waals surface area contributed by atoms with Crippen LogP contribution in [-0.2, 0) is 5.60 Å². The van der Waals surface area contributed by atoms with Crippen LogP contribution in [0.2, 0.25) is 0 Å². The highest BCUT2D eigenvalue weighted by atomic mass is 35.6. The molecule has 0 bridgehead atoms. The highest BCUT2D eigenvalue weighted by Gasteiger charge is 2.48. The van der Waals surface area contributed by atoms with Gasteiger partial charge in [-0.1, -0.05) is 79.0 Å². The third-order valence-corrected chi connectivity index (χ3v) is 3.36. The van der Waals surface area contributed by atoms with E-state index >= 15 is 0 Å². The van der Waals surface area contributed by atoms with Crippen LogP contribution in [0, 0.1) is 5.92 Å². The summed E-state index contributed by atoms with van der Waals surface area (Å²) in [5, 5.41) is 10.6. The Kier molecular flexibility index (Phi) is 4.53. The number of halogens is 3. The van der Waals surface area contributed by atoms with E-state index in [1.165, 1.54) is 0 Å². The Morgan fingerprint density at radius 1 is 1.12 bits per heavy atom. The minimum absolute atomic E-state index is 0.223. The van der Waals surface area contributed by atoms with Crippen molar-refractivity contribution in [3.8, 4) is 0 Å². The highest BCUT2D eigenvalue weighted by molar-refractivity contribution is 6.68. The molecule has 0 radical (unpaired) electrons. The topological polar surface area (TPSA) is 20.2 Å². The Morgan fingerprint density at radius 3 is 2.00 bits per heavy atom. The molecule has 0 aromatic heterocycles. The molecule has 0 aliphatic rings. The van der Waals surface area contributed by atoms with Crippen molar-refractivity contribution < 1.29 is 5.11 Å². The van der Waals surface area contributed by atoms with Crippen molar-refractivity contribution >= 4 is 34.8 Å². The predicted molar refractivity (Wildman–Crippen MR) is 70.1 cm³/mol. The first-order valence-corrected chi connectivity index (χ1v) is 6.25. The Bertz CT molecular complexity index is 332. The molecule has 0 heterocycles. The second-order valence-corrected chi connectivity index (χ2v) is 6.60. The first-order valence-electron chi connectivity index (χ1n) is 5.12. The fraction of sp³-hybridized carbons (Fsp3) is 0.500. The molecule has 0 spiro atoms. The van der Waals surface area contributed by atoms with Gasteiger partial charge in [0.1, 0.15) is 5.60 Å². The fourth-order valence-corrected chi connectivity index (χ4v) is 2.26. The van der Waals surface area contributed by atoms with E-state index in [-0.39, 0.29) is 5.92 Å². The van der Waals surface area contributed by atoms with Crippen LogP contribution in [0.1, 0.15) is 25.8 Å². The van der Waals surface area contributed by atoms with Crippen LogP contribution < -0.4 is 0 Å². The average molecular weight is 282 g/mol. The van der Waals surface area contributed by atoms with Gasteiger partial charge in [-0.15, -0.1) is 0 Å². The van der Waals surface area contributed by atoms with Gasteiger partial charge in [0.2, 0.25) is 3.79 Å². The SMILES string of the molecule is CC(C)CC(O)(c1ccccc1)C(Cl)(Cl)Cl. The Balaban J connectivity index is 3.16. The lowest BCUT2D eigenvalue weighted by Gasteiger charge is -2.36. The van der Waals surface area contributed by atoms with Gasteiger partial charge in [-0.3, -0.25) is 0 Å². The molecule has 0 fully saturated rings. The van der Waals surface area contributed by atoms with E-state index in [0.717, 1.165) is 0 Å². The summed E-state index contributed by atoms with van der Waals surface area (Å²) < 4.78 is -1.74. The molecule has 90 valence electrons. The van der Waals surface area contributed by atoms with Crippen molar-refractivity contribution in [3.63, 3.8) is 0 Å². The molecule has 16 heavy (non-hydrogen) atoms. The van der Waals surface area contributed by atoms with E-state index in [1.54, 1.807) is 12.1 Å². The number of hydrogen-bond donors (Lipinski definition) is 1. The molecule has 1 atom stereocenters. The number of benzene rings is 1. The molecule has 0 amide bonds. The van der Waals surface area contributed by atoms with Gasteiger partial charge in [0.25, 0.3) is 0 Å². The second kappa shape index (κ2) is 5.14. The molecule has 0 aliphatic carbocycles. The van der Waals surface area contributed by atoms with Crippen molar-refractivity contribution in [3.05, 3.63) is 35.9 Å². The molecule has 1 aromatic rings. The second-order valence-electron chi connectivity index (χ2n) is 4.32. The van der Waals surface area contributed by atoms with Crippen LogP contribution in [0.5, 0.6) is 0 Å². The zero-order valence-electron chi connectivity index (χ0n) is 9.25. The Hall–Kier alpha value is 0.0500. The summed E-state index contributed by atoms with van der Waals surface area (Å²) in [4.78, 5) is 0. The lowest BCUT2D eigenvalue weighted by molar-refractivity contribution is 0.0189. The zero-order valence-corrected chi connectivity index (χ0v) is 11.5. The van der Waals surface area contributed by atoms with Gasteiger partial charge >= 0.3 is 0 Å². The zero-order chi connectivity index (χ0) is 12.4. The van der Waals surface area contributed by atoms with E-state index in [0.29, 0.717) is 12.0 Å². The third-order valence-electron chi connectivity index (χ3n) is 2.42. The summed E-state index contributed by atoms with van der Waals surface area (Å²) in [7, 11) is 0. The summed E-state index contributed by atoms with van der Waals surface area (Å²) in [5.41, 5.74) is -0.823. The van der Waals surface area contributed by atoms with Crippen LogP contribution in [0.15, 0.2) is 30.3 Å². The first kappa shape index (κ1) is 14.1. The molecular formula is C12H15Cl3O. The van der Waals surface area contributed by atoms with E-state index in [9.17, 15) is 5.11 Å². The van der Waals surface area contributed by atoms with Gasteiger partial charge in [-0.05, 0) is 17.9 Å². The first-order chi connectivity index (χ1) is 7.27. The standard InChI is InChI=1S/C12H15Cl3O/c1-9(2)8-11(16,12(13,14)15)10-6-4-3-5-7-10/h3-7,9,16H,8H2,1-2H3. The highest BCUT2D eigenvalue weighted by Crippen LogP contribution is 2.48. The summed E-state index contributed by atoms with van der Waals surface area (Å²) in [6.45, 7) is 3.95. The fourth-order valence-electron chi connectivity index (χ4n) is 1.70. The normalized spacial score (nSPS) is 16.2. The molecular weight excluding hydrogens is 266 g/mol. The summed E-state index contributed by atoms with van der Waals surface area (Å²) in [5.74, 6) is 0.223. The van der Waals surface area contributed by atoms with Crippen molar-refractivity contribution in [2.75, 3.05) is 0 Å². The van der Waals surface area contributed by atoms with Crippen molar-refractivity contribution in [2.45, 2.75) is 29.7 Å². The molecule has 1 N–H and O–H groups in total. The van der Waals surface area contributed by atoms with E-state index in [4.69, 9.17) is 34.8 Å². The molecule has 1 nitrogen and oxygen atoms in total. The summed E-state index contributed by atoms with van der Waals surface area (Å²) >= 11 is 17.7. The van der Waals surface area contributed by atoms with Gasteiger partial charge in [-0.25, -0.2) is 0 Å². The van der Waals surface area contributed by atoms with Crippen LogP contribution in [0.25, 0.3) is 0 Å². The maximum atomic E-state index is 10.6. The molecule has 1 aromatic carbocycles. The molecule has 1 unspecified atom stereocenters. The van der Waals surface area contributed by atoms with Gasteiger partial charge in [0.05, 0.1) is 0 Å². The van der Waals surface area contributed by atoms with Crippen LogP contribution in [0.4, 0.5) is 0 Å². The van der Waals surface area contributed by atoms with E-state index in [2.05, 4.69) is 0 Å². The minimum atomic E-state index is -1.74. The molecule has 0 aliphatic heterocycles. The lowest BCUT2D eigenvalue weighted by atomic mass is 9.87. The minimum Gasteiger partial charge on any atom is -0.381 e. The van der Waals surface area contributed by atoms with Gasteiger partial charge in [0.15, 0.2) is 0 Å². The smallest absolute Gasteiger partial charge is 0.222 e. The van der Waals surface area contributed by atoms with Crippen molar-refractivity contribution in [1.82, 2.24) is 0 Å². The van der Waals surface area contributed by atoms with E-state index in [1.807, 2.05) is 32.0 Å².